The topological polar surface area (TPSA) is 52.6 Å². The number of benzene rings is 1. The van der Waals surface area contributed by atoms with E-state index in [4.69, 9.17) is 0 Å². The van der Waals surface area contributed by atoms with E-state index in [0.29, 0.717) is 10.2 Å². The van der Waals surface area contributed by atoms with Crippen molar-refractivity contribution in [1.82, 2.24) is 4.90 Å². The maximum atomic E-state index is 11.3. The fraction of sp³-hybridized carbons (Fsp3) is 0.500. The highest BCUT2D eigenvalue weighted by Crippen LogP contribution is 2.25. The zero-order chi connectivity index (χ0) is 14.4. The van der Waals surface area contributed by atoms with Gasteiger partial charge < -0.3 is 15.3 Å². The molecule has 19 heavy (non-hydrogen) atoms. The van der Waals surface area contributed by atoms with Crippen LogP contribution in [0, 0.1) is 0 Å². The zero-order valence-electron chi connectivity index (χ0n) is 11.6. The first kappa shape index (κ1) is 16.0. The Morgan fingerprint density at radius 1 is 1.42 bits per heavy atom. The lowest BCUT2D eigenvalue weighted by Crippen LogP contribution is -2.35. The molecule has 0 saturated heterocycles. The molecule has 1 unspecified atom stereocenters. The van der Waals surface area contributed by atoms with Gasteiger partial charge in [0, 0.05) is 17.1 Å². The fourth-order valence-electron chi connectivity index (χ4n) is 2.04. The number of anilines is 1. The molecular formula is C14H21BrN2O2. The molecule has 4 nitrogen and oxygen atoms in total. The van der Waals surface area contributed by atoms with Gasteiger partial charge in [-0.25, -0.2) is 4.79 Å². The highest BCUT2D eigenvalue weighted by molar-refractivity contribution is 9.10. The first-order chi connectivity index (χ1) is 8.99. The molecule has 1 aromatic carbocycles. The summed E-state index contributed by atoms with van der Waals surface area (Å²) in [7, 11) is 0. The summed E-state index contributed by atoms with van der Waals surface area (Å²) in [4.78, 5) is 13.6. The number of likely N-dealkylation sites (N-methyl/N-ethyl adjacent to an activating group) is 1. The van der Waals surface area contributed by atoms with Gasteiger partial charge in [-0.3, -0.25) is 0 Å². The van der Waals surface area contributed by atoms with Gasteiger partial charge in [0.25, 0.3) is 0 Å². The highest BCUT2D eigenvalue weighted by Gasteiger charge is 2.16. The summed E-state index contributed by atoms with van der Waals surface area (Å²) in [5.74, 6) is -0.926. The minimum absolute atomic E-state index is 0.187. The number of hydrogen-bond donors (Lipinski definition) is 2. The molecule has 0 spiro atoms. The summed E-state index contributed by atoms with van der Waals surface area (Å²) in [5, 5.41) is 12.5. The van der Waals surface area contributed by atoms with Crippen molar-refractivity contribution in [2.24, 2.45) is 0 Å². The molecule has 1 rings (SSSR count). The van der Waals surface area contributed by atoms with E-state index >= 15 is 0 Å². The summed E-state index contributed by atoms with van der Waals surface area (Å²) in [5.41, 5.74) is 0.940. The average Bonchev–Trinajstić information content (AvgIpc) is 2.35. The van der Waals surface area contributed by atoms with Crippen molar-refractivity contribution in [3.63, 3.8) is 0 Å². The first-order valence-corrected chi connectivity index (χ1v) is 7.29. The molecule has 0 saturated carbocycles. The number of carboxylic acids is 1. The van der Waals surface area contributed by atoms with E-state index < -0.39 is 5.97 Å². The lowest BCUT2D eigenvalue weighted by Gasteiger charge is -2.24. The summed E-state index contributed by atoms with van der Waals surface area (Å²) < 4.78 is 0.597. The van der Waals surface area contributed by atoms with Gasteiger partial charge in [-0.1, -0.05) is 19.9 Å². The molecule has 106 valence electrons. The number of rotatable bonds is 7. The third-order valence-corrected chi connectivity index (χ3v) is 3.72. The second-order valence-corrected chi connectivity index (χ2v) is 5.35. The van der Waals surface area contributed by atoms with Crippen LogP contribution in [0.5, 0.6) is 0 Å². The number of carboxylic acid groups (broad SMARTS) is 1. The van der Waals surface area contributed by atoms with Crippen LogP contribution in [0.25, 0.3) is 0 Å². The van der Waals surface area contributed by atoms with Gasteiger partial charge in [0.05, 0.1) is 11.3 Å². The van der Waals surface area contributed by atoms with E-state index in [1.807, 2.05) is 6.07 Å². The molecule has 0 aliphatic carbocycles. The maximum absolute atomic E-state index is 11.3. The third kappa shape index (κ3) is 4.51. The van der Waals surface area contributed by atoms with Crippen LogP contribution in [0.3, 0.4) is 0 Å². The predicted molar refractivity (Wildman–Crippen MR) is 82.0 cm³/mol. The Morgan fingerprint density at radius 2 is 2.05 bits per heavy atom. The second kappa shape index (κ2) is 7.50. The van der Waals surface area contributed by atoms with Crippen LogP contribution in [-0.4, -0.2) is 41.7 Å². The number of nitrogens with zero attached hydrogens (tertiary/aromatic N) is 1. The zero-order valence-corrected chi connectivity index (χ0v) is 13.2. The standard InChI is InChI=1S/C14H21BrN2O2/c1-4-17(5-2)9-10(3)16-12-8-6-7-11(15)13(12)14(18)19/h6-8,10,16H,4-5,9H2,1-3H3,(H,18,19). The molecule has 1 atom stereocenters. The molecule has 1 aromatic rings. The van der Waals surface area contributed by atoms with Gasteiger partial charge in [-0.2, -0.15) is 0 Å². The molecule has 0 aromatic heterocycles. The van der Waals surface area contributed by atoms with E-state index in [2.05, 4.69) is 46.9 Å². The van der Waals surface area contributed by atoms with Gasteiger partial charge in [0.2, 0.25) is 0 Å². The summed E-state index contributed by atoms with van der Waals surface area (Å²) in [6.07, 6.45) is 0. The molecular weight excluding hydrogens is 308 g/mol. The Hall–Kier alpha value is -1.07. The molecule has 0 aliphatic rings. The Kier molecular flexibility index (Phi) is 6.31. The van der Waals surface area contributed by atoms with Gasteiger partial charge >= 0.3 is 5.97 Å². The number of carbonyl (C=O) groups is 1. The molecule has 0 amide bonds. The fourth-order valence-corrected chi connectivity index (χ4v) is 2.58. The van der Waals surface area contributed by atoms with Gasteiger partial charge in [-0.05, 0) is 48.1 Å². The number of hydrogen-bond acceptors (Lipinski definition) is 3. The van der Waals surface area contributed by atoms with Crippen molar-refractivity contribution in [3.05, 3.63) is 28.2 Å². The SMILES string of the molecule is CCN(CC)CC(C)Nc1cccc(Br)c1C(=O)O. The molecule has 0 bridgehead atoms. The number of halogens is 1. The van der Waals surface area contributed by atoms with Crippen molar-refractivity contribution in [2.45, 2.75) is 26.8 Å². The Morgan fingerprint density at radius 3 is 2.58 bits per heavy atom. The minimum Gasteiger partial charge on any atom is -0.478 e. The van der Waals surface area contributed by atoms with Gasteiger partial charge in [-0.15, -0.1) is 0 Å². The number of nitrogens with one attached hydrogen (secondary N) is 1. The van der Waals surface area contributed by atoms with Gasteiger partial charge in [0.1, 0.15) is 0 Å². The largest absolute Gasteiger partial charge is 0.478 e. The molecule has 5 heteroatoms. The van der Waals surface area contributed by atoms with Crippen molar-refractivity contribution >= 4 is 27.6 Å². The van der Waals surface area contributed by atoms with Crippen molar-refractivity contribution in [2.75, 3.05) is 25.0 Å². The van der Waals surface area contributed by atoms with Crippen LogP contribution in [0.4, 0.5) is 5.69 Å². The van der Waals surface area contributed by atoms with Crippen LogP contribution in [0.1, 0.15) is 31.1 Å². The Balaban J connectivity index is 2.82. The molecule has 0 radical (unpaired) electrons. The minimum atomic E-state index is -0.926. The van der Waals surface area contributed by atoms with Crippen molar-refractivity contribution < 1.29 is 9.90 Å². The van der Waals surface area contributed by atoms with Crippen LogP contribution in [-0.2, 0) is 0 Å². The average molecular weight is 329 g/mol. The second-order valence-electron chi connectivity index (χ2n) is 4.50. The maximum Gasteiger partial charge on any atom is 0.338 e. The summed E-state index contributed by atoms with van der Waals surface area (Å²) >= 11 is 3.28. The summed E-state index contributed by atoms with van der Waals surface area (Å²) in [6, 6.07) is 5.56. The molecule has 0 heterocycles. The smallest absolute Gasteiger partial charge is 0.338 e. The van der Waals surface area contributed by atoms with Crippen LogP contribution in [0.15, 0.2) is 22.7 Å². The van der Waals surface area contributed by atoms with E-state index in [-0.39, 0.29) is 11.6 Å². The quantitative estimate of drug-likeness (QED) is 0.806. The Bertz CT molecular complexity index is 433. The Labute approximate surface area is 122 Å². The predicted octanol–water partition coefficient (Wildman–Crippen LogP) is 3.29. The summed E-state index contributed by atoms with van der Waals surface area (Å²) in [6.45, 7) is 9.18. The lowest BCUT2D eigenvalue weighted by atomic mass is 10.1. The normalized spacial score (nSPS) is 12.5. The van der Waals surface area contributed by atoms with Crippen LogP contribution in [0.2, 0.25) is 0 Å². The number of aromatic carboxylic acids is 1. The van der Waals surface area contributed by atoms with E-state index in [0.717, 1.165) is 19.6 Å². The van der Waals surface area contributed by atoms with Crippen LogP contribution < -0.4 is 5.32 Å². The molecule has 0 aliphatic heterocycles. The van der Waals surface area contributed by atoms with E-state index in [1.165, 1.54) is 0 Å². The van der Waals surface area contributed by atoms with Gasteiger partial charge in [0.15, 0.2) is 0 Å². The van der Waals surface area contributed by atoms with Crippen molar-refractivity contribution in [1.29, 1.82) is 0 Å². The van der Waals surface area contributed by atoms with Crippen molar-refractivity contribution in [3.8, 4) is 0 Å². The third-order valence-electron chi connectivity index (χ3n) is 3.06. The van der Waals surface area contributed by atoms with E-state index in [9.17, 15) is 9.90 Å². The molecule has 2 N–H and O–H groups in total. The van der Waals surface area contributed by atoms with E-state index in [1.54, 1.807) is 12.1 Å². The van der Waals surface area contributed by atoms with Crippen LogP contribution >= 0.6 is 15.9 Å². The first-order valence-electron chi connectivity index (χ1n) is 6.50. The molecule has 0 fully saturated rings. The monoisotopic (exact) mass is 328 g/mol. The lowest BCUT2D eigenvalue weighted by molar-refractivity contribution is 0.0697. The highest BCUT2D eigenvalue weighted by atomic mass is 79.9.